The maximum absolute atomic E-state index is 12.5. The van der Waals surface area contributed by atoms with Crippen LogP contribution in [0.4, 0.5) is 0 Å². The highest BCUT2D eigenvalue weighted by molar-refractivity contribution is 5.91. The maximum Gasteiger partial charge on any atom is 0.290 e. The lowest BCUT2D eigenvalue weighted by Crippen LogP contribution is -2.37. The van der Waals surface area contributed by atoms with Gasteiger partial charge in [-0.1, -0.05) is 61.7 Å². The Hall–Kier alpha value is -2.14. The third kappa shape index (κ3) is 5.27. The van der Waals surface area contributed by atoms with Gasteiger partial charge in [0.1, 0.15) is 0 Å². The van der Waals surface area contributed by atoms with Crippen molar-refractivity contribution in [2.24, 2.45) is 0 Å². The number of piperidine rings is 1. The van der Waals surface area contributed by atoms with E-state index in [-0.39, 0.29) is 11.9 Å². The molecule has 2 fully saturated rings. The number of amides is 1. The Labute approximate surface area is 173 Å². The van der Waals surface area contributed by atoms with Crippen molar-refractivity contribution in [2.75, 3.05) is 19.6 Å². The smallest absolute Gasteiger partial charge is 0.290 e. The fourth-order valence-corrected chi connectivity index (χ4v) is 4.83. The quantitative estimate of drug-likeness (QED) is 0.769. The Balaban J connectivity index is 1.33. The van der Waals surface area contributed by atoms with Crippen LogP contribution in [0.2, 0.25) is 0 Å². The summed E-state index contributed by atoms with van der Waals surface area (Å²) in [6, 6.07) is 12.9. The Morgan fingerprint density at radius 3 is 2.76 bits per heavy atom. The molecule has 1 saturated heterocycles. The van der Waals surface area contributed by atoms with Gasteiger partial charge in [0.25, 0.3) is 5.91 Å². The van der Waals surface area contributed by atoms with Crippen LogP contribution in [0.25, 0.3) is 0 Å². The molecule has 1 aliphatic heterocycles. The van der Waals surface area contributed by atoms with Crippen LogP contribution >= 0.6 is 0 Å². The minimum atomic E-state index is -0.110. The second-order valence-corrected chi connectivity index (χ2v) is 8.83. The number of aromatic nitrogens is 1. The molecule has 29 heavy (non-hydrogen) atoms. The van der Waals surface area contributed by atoms with Crippen molar-refractivity contribution in [1.29, 1.82) is 0 Å². The number of hydrogen-bond donors (Lipinski definition) is 1. The summed E-state index contributed by atoms with van der Waals surface area (Å²) < 4.78 is 5.43. The van der Waals surface area contributed by atoms with Gasteiger partial charge in [0.2, 0.25) is 5.76 Å². The van der Waals surface area contributed by atoms with E-state index in [1.165, 1.54) is 24.8 Å². The molecule has 2 unspecified atom stereocenters. The first kappa shape index (κ1) is 20.1. The average molecular weight is 396 g/mol. The van der Waals surface area contributed by atoms with E-state index in [9.17, 15) is 4.79 Å². The number of nitrogens with zero attached hydrogens (tertiary/aromatic N) is 2. The van der Waals surface area contributed by atoms with Crippen LogP contribution in [0, 0.1) is 0 Å². The second kappa shape index (κ2) is 9.57. The van der Waals surface area contributed by atoms with Crippen LogP contribution in [0.3, 0.4) is 0 Å². The Morgan fingerprint density at radius 1 is 1.17 bits per heavy atom. The summed E-state index contributed by atoms with van der Waals surface area (Å²) in [7, 11) is 0. The van der Waals surface area contributed by atoms with Gasteiger partial charge in [0, 0.05) is 31.1 Å². The van der Waals surface area contributed by atoms with E-state index >= 15 is 0 Å². The minimum Gasteiger partial charge on any atom is -0.351 e. The van der Waals surface area contributed by atoms with E-state index in [0.717, 1.165) is 51.0 Å². The summed E-state index contributed by atoms with van der Waals surface area (Å²) in [4.78, 5) is 15.1. The topological polar surface area (TPSA) is 58.4 Å². The second-order valence-electron chi connectivity index (χ2n) is 8.83. The van der Waals surface area contributed by atoms with E-state index in [2.05, 4.69) is 52.6 Å². The van der Waals surface area contributed by atoms with Crippen LogP contribution < -0.4 is 5.32 Å². The molecule has 0 radical (unpaired) electrons. The highest BCUT2D eigenvalue weighted by Gasteiger charge is 2.27. The summed E-state index contributed by atoms with van der Waals surface area (Å²) in [5, 5.41) is 7.38. The molecule has 1 N–H and O–H groups in total. The average Bonchev–Trinajstić information content (AvgIpc) is 3.26. The lowest BCUT2D eigenvalue weighted by Gasteiger charge is -2.33. The molecule has 2 aliphatic rings. The number of hydrogen-bond acceptors (Lipinski definition) is 4. The van der Waals surface area contributed by atoms with Crippen molar-refractivity contribution in [1.82, 2.24) is 15.4 Å². The van der Waals surface area contributed by atoms with Crippen LogP contribution in [0.15, 0.2) is 40.9 Å². The first-order valence-corrected chi connectivity index (χ1v) is 11.2. The number of nitrogens with one attached hydrogen (secondary N) is 1. The lowest BCUT2D eigenvalue weighted by atomic mass is 9.92. The van der Waals surface area contributed by atoms with Crippen molar-refractivity contribution in [2.45, 2.75) is 69.7 Å². The van der Waals surface area contributed by atoms with Gasteiger partial charge in [-0.3, -0.25) is 4.79 Å². The monoisotopic (exact) mass is 395 g/mol. The molecule has 2 heterocycles. The molecule has 1 aromatic heterocycles. The SMILES string of the molecule is CC(CN1CCCC(c2cc(C(=O)NC3CCCCC3)on2)C1)c1ccccc1. The van der Waals surface area contributed by atoms with Gasteiger partial charge in [-0.05, 0) is 43.7 Å². The molecule has 0 spiro atoms. The Bertz CT molecular complexity index is 782. The summed E-state index contributed by atoms with van der Waals surface area (Å²) in [6.07, 6.45) is 8.08. The summed E-state index contributed by atoms with van der Waals surface area (Å²) in [5.74, 6) is 1.09. The van der Waals surface area contributed by atoms with Crippen molar-refractivity contribution in [3.8, 4) is 0 Å². The molecule has 5 nitrogen and oxygen atoms in total. The first-order chi connectivity index (χ1) is 14.2. The lowest BCUT2D eigenvalue weighted by molar-refractivity contribution is 0.0890. The number of carbonyl (C=O) groups is 1. The third-order valence-corrected chi connectivity index (χ3v) is 6.52. The van der Waals surface area contributed by atoms with E-state index in [1.54, 1.807) is 0 Å². The normalized spacial score (nSPS) is 22.3. The van der Waals surface area contributed by atoms with Crippen molar-refractivity contribution >= 4 is 5.91 Å². The molecule has 2 aromatic rings. The minimum absolute atomic E-state index is 0.110. The predicted octanol–water partition coefficient (Wildman–Crippen LogP) is 4.72. The molecule has 1 saturated carbocycles. The predicted molar refractivity (Wildman–Crippen MR) is 114 cm³/mol. The Morgan fingerprint density at radius 2 is 1.97 bits per heavy atom. The number of rotatable bonds is 6. The van der Waals surface area contributed by atoms with Gasteiger partial charge < -0.3 is 14.7 Å². The molecule has 0 bridgehead atoms. The molecule has 4 rings (SSSR count). The molecule has 2 atom stereocenters. The number of benzene rings is 1. The fraction of sp³-hybridized carbons (Fsp3) is 0.583. The van der Waals surface area contributed by atoms with Gasteiger partial charge in [-0.2, -0.15) is 0 Å². The fourth-order valence-electron chi connectivity index (χ4n) is 4.83. The van der Waals surface area contributed by atoms with Crippen LogP contribution in [0.1, 0.15) is 85.5 Å². The molecular weight excluding hydrogens is 362 g/mol. The maximum atomic E-state index is 12.5. The molecule has 5 heteroatoms. The van der Waals surface area contributed by atoms with Crippen molar-refractivity contribution < 1.29 is 9.32 Å². The zero-order valence-corrected chi connectivity index (χ0v) is 17.5. The zero-order valence-electron chi connectivity index (χ0n) is 17.5. The summed E-state index contributed by atoms with van der Waals surface area (Å²) >= 11 is 0. The van der Waals surface area contributed by atoms with Gasteiger partial charge >= 0.3 is 0 Å². The van der Waals surface area contributed by atoms with Crippen LogP contribution in [0.5, 0.6) is 0 Å². The van der Waals surface area contributed by atoms with Gasteiger partial charge in [0.05, 0.1) is 5.69 Å². The molecule has 156 valence electrons. The standard InChI is InChI=1S/C24H33N3O2/c1-18(19-9-4-2-5-10-19)16-27-14-8-11-20(17-27)22-15-23(29-26-22)24(28)25-21-12-6-3-7-13-21/h2,4-5,9-10,15,18,20-21H,3,6-8,11-14,16-17H2,1H3,(H,25,28). The third-order valence-electron chi connectivity index (χ3n) is 6.52. The zero-order chi connectivity index (χ0) is 20.1. The number of carbonyl (C=O) groups excluding carboxylic acids is 1. The number of likely N-dealkylation sites (tertiary alicyclic amines) is 1. The highest BCUT2D eigenvalue weighted by Crippen LogP contribution is 2.28. The Kier molecular flexibility index (Phi) is 6.65. The summed E-state index contributed by atoms with van der Waals surface area (Å²) in [5.41, 5.74) is 2.31. The highest BCUT2D eigenvalue weighted by atomic mass is 16.5. The van der Waals surface area contributed by atoms with E-state index in [4.69, 9.17) is 4.52 Å². The van der Waals surface area contributed by atoms with Gasteiger partial charge in [0.15, 0.2) is 0 Å². The van der Waals surface area contributed by atoms with Crippen molar-refractivity contribution in [3.63, 3.8) is 0 Å². The summed E-state index contributed by atoms with van der Waals surface area (Å²) in [6.45, 7) is 5.45. The van der Waals surface area contributed by atoms with Gasteiger partial charge in [-0.15, -0.1) is 0 Å². The molecule has 1 amide bonds. The molecule has 1 aliphatic carbocycles. The molecular formula is C24H33N3O2. The first-order valence-electron chi connectivity index (χ1n) is 11.2. The van der Waals surface area contributed by atoms with Crippen molar-refractivity contribution in [3.05, 3.63) is 53.4 Å². The largest absolute Gasteiger partial charge is 0.351 e. The van der Waals surface area contributed by atoms with Crippen LogP contribution in [-0.2, 0) is 0 Å². The van der Waals surface area contributed by atoms with Crippen LogP contribution in [-0.4, -0.2) is 41.6 Å². The van der Waals surface area contributed by atoms with E-state index in [0.29, 0.717) is 17.6 Å². The van der Waals surface area contributed by atoms with E-state index < -0.39 is 0 Å². The molecule has 1 aromatic carbocycles. The van der Waals surface area contributed by atoms with Gasteiger partial charge in [-0.25, -0.2) is 0 Å². The van der Waals surface area contributed by atoms with E-state index in [1.807, 2.05) is 6.07 Å².